The first-order valence-corrected chi connectivity index (χ1v) is 12.3. The fraction of sp³-hybridized carbons (Fsp3) is 0.696. The molecule has 0 aromatic rings. The van der Waals surface area contributed by atoms with Crippen molar-refractivity contribution in [2.75, 3.05) is 13.7 Å². The zero-order valence-corrected chi connectivity index (χ0v) is 24.1. The van der Waals surface area contributed by atoms with Crippen LogP contribution in [0.3, 0.4) is 0 Å². The molecular formula is C23H42B2N6O10. The zero-order chi connectivity index (χ0) is 32.7. The third-order valence-electron chi connectivity index (χ3n) is 4.28. The highest BCUT2D eigenvalue weighted by Gasteiger charge is 2.32. The van der Waals surface area contributed by atoms with Crippen LogP contribution < -0.4 is 28.4 Å². The number of carbonyl (C=O) groups excluding carboxylic acids is 6. The average Bonchev–Trinajstić information content (AvgIpc) is 3.15. The number of Topliss-reactive ketones (excluding diaryl/α,β-unsaturated/α-hetero) is 2. The first kappa shape index (κ1) is 42.4. The molecule has 0 saturated carbocycles. The van der Waals surface area contributed by atoms with E-state index < -0.39 is 42.1 Å². The second-order valence-corrected chi connectivity index (χ2v) is 8.55. The minimum absolute atomic E-state index is 0.0370. The van der Waals surface area contributed by atoms with Gasteiger partial charge >= 0.3 is 11.9 Å². The molecule has 0 spiro atoms. The topological polar surface area (TPSA) is 279 Å². The van der Waals surface area contributed by atoms with E-state index in [-0.39, 0.29) is 55.2 Å². The third-order valence-corrected chi connectivity index (χ3v) is 4.28. The lowest BCUT2D eigenvalue weighted by Gasteiger charge is -2.12. The molecule has 0 bridgehead atoms. The van der Waals surface area contributed by atoms with Crippen LogP contribution in [0.15, 0.2) is 5.10 Å². The van der Waals surface area contributed by atoms with E-state index in [1.165, 1.54) is 34.1 Å². The molecule has 6 unspecified atom stereocenters. The number of nitrogens with zero attached hydrogens (tertiary/aromatic N) is 1. The Bertz CT molecular complexity index is 863. The normalized spacial score (nSPS) is 18.3. The van der Waals surface area contributed by atoms with Crippen molar-refractivity contribution < 1.29 is 48.1 Å². The number of esters is 2. The van der Waals surface area contributed by atoms with Crippen LogP contribution in [-0.4, -0.2) is 112 Å². The average molecular weight is 584 g/mol. The summed E-state index contributed by atoms with van der Waals surface area (Å²) < 4.78 is 14.1. The second-order valence-electron chi connectivity index (χ2n) is 8.55. The number of hydrogen-bond acceptors (Lipinski definition) is 15. The van der Waals surface area contributed by atoms with Gasteiger partial charge in [-0.3, -0.25) is 24.0 Å². The number of rotatable bonds is 12. The standard InChI is InChI=1S/C7H13N3O3.C6H11NO3.C5H10BNO2.C5H8BNO2/c1-5(11)10-9-4-6(8)3-7(12)13-2;1-2-9-6-4(7)3-5(8)10-6;2*1-3(8)2-4(7)5(6)9/h4,6H,3,8H2,1-2H3,(H,10,11);4,6H,2-3,7H2,1H3;4-5,9H,2,7H2,1H3;4H,2,7H2,1H3/b9-4+;;;. The van der Waals surface area contributed by atoms with Crippen LogP contribution in [0, 0.1) is 0 Å². The van der Waals surface area contributed by atoms with E-state index in [0.717, 1.165) is 0 Å². The van der Waals surface area contributed by atoms with Gasteiger partial charge in [-0.1, -0.05) is 0 Å². The summed E-state index contributed by atoms with van der Waals surface area (Å²) in [5.74, 6) is -1.16. The number of hydrogen-bond donors (Lipinski definition) is 6. The van der Waals surface area contributed by atoms with E-state index in [1.54, 1.807) is 0 Å². The Labute approximate surface area is 242 Å². The zero-order valence-electron chi connectivity index (χ0n) is 24.1. The van der Waals surface area contributed by atoms with Crippen LogP contribution in [-0.2, 0) is 43.0 Å². The van der Waals surface area contributed by atoms with Gasteiger partial charge in [-0.25, -0.2) is 5.43 Å². The number of aliphatic hydroxyl groups is 1. The predicted octanol–water partition coefficient (Wildman–Crippen LogP) is -3.61. The fourth-order valence-corrected chi connectivity index (χ4v) is 2.29. The molecule has 1 aliphatic heterocycles. The van der Waals surface area contributed by atoms with Crippen molar-refractivity contribution in [1.29, 1.82) is 0 Å². The van der Waals surface area contributed by atoms with Gasteiger partial charge in [0.25, 0.3) is 0 Å². The number of methoxy groups -OCH3 is 1. The number of carbonyl (C=O) groups is 6. The molecule has 6 atom stereocenters. The highest BCUT2D eigenvalue weighted by atomic mass is 16.7. The maximum atomic E-state index is 10.7. The molecule has 0 aromatic carbocycles. The Kier molecular flexibility index (Phi) is 25.6. The summed E-state index contributed by atoms with van der Waals surface area (Å²) in [6.45, 7) is 6.44. The molecule has 1 saturated heterocycles. The van der Waals surface area contributed by atoms with Gasteiger partial charge in [-0.05, 0) is 20.8 Å². The van der Waals surface area contributed by atoms with E-state index in [4.69, 9.17) is 53.2 Å². The Morgan fingerprint density at radius 1 is 1.12 bits per heavy atom. The van der Waals surface area contributed by atoms with Crippen LogP contribution in [0.2, 0.25) is 0 Å². The predicted molar refractivity (Wildman–Crippen MR) is 150 cm³/mol. The highest BCUT2D eigenvalue weighted by molar-refractivity contribution is 6.59. The molecule has 1 heterocycles. The third kappa shape index (κ3) is 28.3. The Morgan fingerprint density at radius 2 is 1.66 bits per heavy atom. The maximum Gasteiger partial charge on any atom is 0.309 e. The summed E-state index contributed by atoms with van der Waals surface area (Å²) in [6.07, 6.45) is 1.24. The van der Waals surface area contributed by atoms with Gasteiger partial charge in [0.05, 0.1) is 43.8 Å². The van der Waals surface area contributed by atoms with Crippen molar-refractivity contribution in [2.24, 2.45) is 28.0 Å². The fourth-order valence-electron chi connectivity index (χ4n) is 2.29. The number of cyclic esters (lactones) is 1. The van der Waals surface area contributed by atoms with Gasteiger partial charge < -0.3 is 47.0 Å². The van der Waals surface area contributed by atoms with Gasteiger partial charge in [0.1, 0.15) is 19.4 Å². The highest BCUT2D eigenvalue weighted by Crippen LogP contribution is 2.13. The number of ether oxygens (including phenoxy) is 3. The van der Waals surface area contributed by atoms with Crippen molar-refractivity contribution in [3.8, 4) is 0 Å². The van der Waals surface area contributed by atoms with Crippen LogP contribution in [0.1, 0.15) is 53.4 Å². The Hall–Kier alpha value is -3.02. The second kappa shape index (κ2) is 24.8. The lowest BCUT2D eigenvalue weighted by atomic mass is 9.90. The Morgan fingerprint density at radius 3 is 1.95 bits per heavy atom. The number of nitrogens with one attached hydrogen (secondary N) is 1. The summed E-state index contributed by atoms with van der Waals surface area (Å²) in [5.41, 5.74) is 22.8. The van der Waals surface area contributed by atoms with Gasteiger partial charge in [0.2, 0.25) is 12.2 Å². The van der Waals surface area contributed by atoms with Crippen molar-refractivity contribution >= 4 is 57.0 Å². The molecule has 0 aromatic heterocycles. The molecule has 18 heteroatoms. The lowest BCUT2D eigenvalue weighted by Crippen LogP contribution is -2.36. The van der Waals surface area contributed by atoms with Gasteiger partial charge in [-0.2, -0.15) is 5.10 Å². The number of ketones is 2. The molecule has 41 heavy (non-hydrogen) atoms. The van der Waals surface area contributed by atoms with E-state index in [9.17, 15) is 28.8 Å². The number of aliphatic hydroxyl groups excluding tert-OH is 1. The van der Waals surface area contributed by atoms with Crippen LogP contribution in [0.25, 0.3) is 0 Å². The van der Waals surface area contributed by atoms with E-state index in [2.05, 4.69) is 15.3 Å². The molecular weight excluding hydrogens is 542 g/mol. The molecule has 1 amide bonds. The number of hydrazone groups is 1. The SMILES string of the molecule is CCOC1OC(=O)CC1N.COC(=O)CC(N)/C=N/NC(C)=O.[B]C(=O)C(N)CC(C)=O.[B]C(O)C(N)CC(C)=O. The molecule has 230 valence electrons. The van der Waals surface area contributed by atoms with Gasteiger partial charge in [0, 0.05) is 44.6 Å². The number of amides is 1. The van der Waals surface area contributed by atoms with E-state index >= 15 is 0 Å². The molecule has 4 radical (unpaired) electrons. The first-order valence-electron chi connectivity index (χ1n) is 12.3. The van der Waals surface area contributed by atoms with Crippen LogP contribution in [0.5, 0.6) is 0 Å². The summed E-state index contributed by atoms with van der Waals surface area (Å²) in [7, 11) is 11.0. The quantitative estimate of drug-likeness (QED) is 0.0559. The smallest absolute Gasteiger partial charge is 0.309 e. The van der Waals surface area contributed by atoms with Crippen molar-refractivity contribution in [3.05, 3.63) is 0 Å². The summed E-state index contributed by atoms with van der Waals surface area (Å²) >= 11 is 0. The molecule has 1 aliphatic rings. The Balaban J connectivity index is -0.000000475. The molecule has 16 nitrogen and oxygen atoms in total. The van der Waals surface area contributed by atoms with E-state index in [0.29, 0.717) is 6.61 Å². The van der Waals surface area contributed by atoms with Gasteiger partial charge in [0.15, 0.2) is 7.85 Å². The van der Waals surface area contributed by atoms with Crippen molar-refractivity contribution in [2.45, 2.75) is 89.8 Å². The van der Waals surface area contributed by atoms with E-state index in [1.807, 2.05) is 6.92 Å². The minimum Gasteiger partial charge on any atom is -0.469 e. The molecule has 0 aliphatic carbocycles. The molecule has 1 fully saturated rings. The van der Waals surface area contributed by atoms with Crippen LogP contribution >= 0.6 is 0 Å². The number of nitrogens with two attached hydrogens (primary N) is 4. The maximum absolute atomic E-state index is 10.7. The lowest BCUT2D eigenvalue weighted by molar-refractivity contribution is -0.162. The first-order chi connectivity index (χ1) is 18.9. The van der Waals surface area contributed by atoms with Crippen LogP contribution in [0.4, 0.5) is 0 Å². The molecule has 10 N–H and O–H groups in total. The van der Waals surface area contributed by atoms with Crippen molar-refractivity contribution in [1.82, 2.24) is 5.43 Å². The summed E-state index contributed by atoms with van der Waals surface area (Å²) in [5, 5.41) is 12.1. The minimum atomic E-state index is -1.09. The van der Waals surface area contributed by atoms with Crippen molar-refractivity contribution in [3.63, 3.8) is 0 Å². The summed E-state index contributed by atoms with van der Waals surface area (Å²) in [6, 6.07) is -3.36. The monoisotopic (exact) mass is 584 g/mol. The molecule has 1 rings (SSSR count). The van der Waals surface area contributed by atoms with Gasteiger partial charge in [-0.15, -0.1) is 0 Å². The summed E-state index contributed by atoms with van der Waals surface area (Å²) in [4.78, 5) is 62.3. The largest absolute Gasteiger partial charge is 0.469 e.